The summed E-state index contributed by atoms with van der Waals surface area (Å²) in [6.45, 7) is 2.30. The average molecular weight is 323 g/mol. The number of hydrogen-bond donors (Lipinski definition) is 1. The van der Waals surface area contributed by atoms with Gasteiger partial charge in [0.05, 0.1) is 0 Å². The van der Waals surface area contributed by atoms with Gasteiger partial charge in [-0.05, 0) is 19.1 Å². The number of rotatable bonds is 3. The maximum absolute atomic E-state index is 13.8. The van der Waals surface area contributed by atoms with Crippen molar-refractivity contribution in [1.29, 1.82) is 0 Å². The first-order valence-electron chi connectivity index (χ1n) is 6.36. The van der Waals surface area contributed by atoms with Gasteiger partial charge in [0.1, 0.15) is 23.3 Å². The minimum atomic E-state index is -1.97. The second-order valence-corrected chi connectivity index (χ2v) is 5.79. The van der Waals surface area contributed by atoms with Crippen LogP contribution in [0.4, 0.5) is 14.6 Å². The summed E-state index contributed by atoms with van der Waals surface area (Å²) in [5, 5.41) is 4.55. The molecule has 0 bridgehead atoms. The first kappa shape index (κ1) is 14.7. The van der Waals surface area contributed by atoms with Gasteiger partial charge in [-0.2, -0.15) is 0 Å². The molecule has 0 radical (unpaired) electrons. The van der Waals surface area contributed by atoms with Gasteiger partial charge in [0.15, 0.2) is 16.4 Å². The molecule has 0 fully saturated rings. The Hall–Kier alpha value is -2.26. The van der Waals surface area contributed by atoms with Crippen molar-refractivity contribution in [2.75, 3.05) is 5.73 Å². The molecule has 114 valence electrons. The Morgan fingerprint density at radius 3 is 2.77 bits per heavy atom. The van der Waals surface area contributed by atoms with Gasteiger partial charge in [-0.15, -0.1) is 5.10 Å². The number of nitrogens with zero attached hydrogens (tertiary/aromatic N) is 4. The molecular formula is C13H11F2N5OS. The highest BCUT2D eigenvalue weighted by Gasteiger charge is 2.29. The maximum Gasteiger partial charge on any atom is 0.282 e. The standard InChI is InChI=1S/C13H11F2N5OS/c1-2-20-12-10(11(16)17-6-18-12)13(19-20)22(21)9-4-3-7(14)5-8(9)15/h3-6H,2H2,1H3,(H2,16,17,18). The molecule has 0 aliphatic rings. The van der Waals surface area contributed by atoms with E-state index in [1.807, 2.05) is 6.92 Å². The van der Waals surface area contributed by atoms with Crippen LogP contribution in [-0.4, -0.2) is 24.3 Å². The average Bonchev–Trinajstić information content (AvgIpc) is 2.87. The van der Waals surface area contributed by atoms with E-state index in [-0.39, 0.29) is 15.7 Å². The largest absolute Gasteiger partial charge is 0.605 e. The van der Waals surface area contributed by atoms with Crippen LogP contribution in [0.2, 0.25) is 0 Å². The lowest BCUT2D eigenvalue weighted by molar-refractivity contribution is 0.545. The van der Waals surface area contributed by atoms with Crippen LogP contribution in [-0.2, 0) is 17.7 Å². The number of nitrogen functional groups attached to an aromatic ring is 1. The molecule has 0 aliphatic carbocycles. The molecule has 0 spiro atoms. The van der Waals surface area contributed by atoms with E-state index in [9.17, 15) is 13.3 Å². The molecule has 3 aromatic rings. The Bertz CT molecular complexity index is 854. The van der Waals surface area contributed by atoms with Crippen LogP contribution >= 0.6 is 0 Å². The predicted molar refractivity (Wildman–Crippen MR) is 76.4 cm³/mol. The van der Waals surface area contributed by atoms with E-state index in [2.05, 4.69) is 15.1 Å². The van der Waals surface area contributed by atoms with Crippen molar-refractivity contribution in [3.63, 3.8) is 0 Å². The molecule has 9 heteroatoms. The minimum Gasteiger partial charge on any atom is -0.605 e. The molecule has 1 unspecified atom stereocenters. The summed E-state index contributed by atoms with van der Waals surface area (Å²) in [4.78, 5) is 7.75. The number of fused-ring (bicyclic) bond motifs is 1. The molecule has 2 N–H and O–H groups in total. The van der Waals surface area contributed by atoms with Gasteiger partial charge in [-0.3, -0.25) is 0 Å². The summed E-state index contributed by atoms with van der Waals surface area (Å²) in [5.41, 5.74) is 6.23. The molecule has 1 atom stereocenters. The summed E-state index contributed by atoms with van der Waals surface area (Å²) in [5.74, 6) is -1.55. The van der Waals surface area contributed by atoms with Gasteiger partial charge >= 0.3 is 0 Å². The third-order valence-electron chi connectivity index (χ3n) is 3.10. The highest BCUT2D eigenvalue weighted by atomic mass is 32.2. The fourth-order valence-corrected chi connectivity index (χ4v) is 3.27. The number of nitrogens with two attached hydrogens (primary N) is 1. The third kappa shape index (κ3) is 2.28. The first-order chi connectivity index (χ1) is 10.5. The van der Waals surface area contributed by atoms with Crippen molar-refractivity contribution in [2.24, 2.45) is 0 Å². The molecule has 3 rings (SSSR count). The zero-order valence-electron chi connectivity index (χ0n) is 11.5. The first-order valence-corrected chi connectivity index (χ1v) is 7.51. The fraction of sp³-hybridized carbons (Fsp3) is 0.154. The van der Waals surface area contributed by atoms with E-state index in [0.717, 1.165) is 12.1 Å². The lowest BCUT2D eigenvalue weighted by Gasteiger charge is -2.08. The Kier molecular flexibility index (Phi) is 3.67. The van der Waals surface area contributed by atoms with Crippen LogP contribution in [0.1, 0.15) is 6.92 Å². The molecule has 0 saturated carbocycles. The Morgan fingerprint density at radius 2 is 2.09 bits per heavy atom. The van der Waals surface area contributed by atoms with Crippen molar-refractivity contribution in [1.82, 2.24) is 19.7 Å². The van der Waals surface area contributed by atoms with Crippen molar-refractivity contribution >= 4 is 28.0 Å². The Balaban J connectivity index is 2.21. The normalized spacial score (nSPS) is 12.7. The van der Waals surface area contributed by atoms with E-state index >= 15 is 0 Å². The molecular weight excluding hydrogens is 312 g/mol. The van der Waals surface area contributed by atoms with Crippen LogP contribution < -0.4 is 5.73 Å². The molecule has 2 aromatic heterocycles. The molecule has 0 saturated heterocycles. The van der Waals surface area contributed by atoms with Gasteiger partial charge in [0.25, 0.3) is 5.03 Å². The van der Waals surface area contributed by atoms with E-state index < -0.39 is 22.8 Å². The van der Waals surface area contributed by atoms with Crippen molar-refractivity contribution in [3.8, 4) is 0 Å². The van der Waals surface area contributed by atoms with E-state index in [0.29, 0.717) is 23.6 Å². The zero-order valence-corrected chi connectivity index (χ0v) is 12.3. The molecule has 6 nitrogen and oxygen atoms in total. The second-order valence-electron chi connectivity index (χ2n) is 4.42. The zero-order chi connectivity index (χ0) is 15.9. The second kappa shape index (κ2) is 5.50. The van der Waals surface area contributed by atoms with Crippen molar-refractivity contribution < 1.29 is 13.3 Å². The van der Waals surface area contributed by atoms with Gasteiger partial charge < -0.3 is 10.3 Å². The van der Waals surface area contributed by atoms with Crippen LogP contribution in [0.5, 0.6) is 0 Å². The number of anilines is 1. The smallest absolute Gasteiger partial charge is 0.282 e. The maximum atomic E-state index is 13.8. The molecule has 22 heavy (non-hydrogen) atoms. The SMILES string of the molecule is CCn1nc([S+]([O-])c2ccc(F)cc2F)c2c(N)ncnc21. The lowest BCUT2D eigenvalue weighted by Crippen LogP contribution is -2.08. The highest BCUT2D eigenvalue weighted by Crippen LogP contribution is 2.30. The highest BCUT2D eigenvalue weighted by molar-refractivity contribution is 7.91. The van der Waals surface area contributed by atoms with E-state index in [4.69, 9.17) is 5.73 Å². The summed E-state index contributed by atoms with van der Waals surface area (Å²) in [7, 11) is 0. The summed E-state index contributed by atoms with van der Waals surface area (Å²) < 4.78 is 41.0. The van der Waals surface area contributed by atoms with Crippen molar-refractivity contribution in [2.45, 2.75) is 23.4 Å². The number of aryl methyl sites for hydroxylation is 1. The lowest BCUT2D eigenvalue weighted by atomic mass is 10.3. The fourth-order valence-electron chi connectivity index (χ4n) is 2.08. The monoisotopic (exact) mass is 323 g/mol. The molecule has 0 amide bonds. The van der Waals surface area contributed by atoms with Gasteiger partial charge in [0, 0.05) is 23.8 Å². The van der Waals surface area contributed by atoms with Crippen LogP contribution in [0.3, 0.4) is 0 Å². The minimum absolute atomic E-state index is 0.0560. The Morgan fingerprint density at radius 1 is 1.32 bits per heavy atom. The van der Waals surface area contributed by atoms with E-state index in [1.165, 1.54) is 11.0 Å². The summed E-state index contributed by atoms with van der Waals surface area (Å²) in [6, 6.07) is 2.83. The van der Waals surface area contributed by atoms with Crippen LogP contribution in [0.25, 0.3) is 11.0 Å². The van der Waals surface area contributed by atoms with Crippen molar-refractivity contribution in [3.05, 3.63) is 36.2 Å². The molecule has 2 heterocycles. The summed E-state index contributed by atoms with van der Waals surface area (Å²) >= 11 is -1.97. The number of hydrogen-bond acceptors (Lipinski definition) is 5. The van der Waals surface area contributed by atoms with Crippen LogP contribution in [0, 0.1) is 11.6 Å². The van der Waals surface area contributed by atoms with Gasteiger partial charge in [-0.25, -0.2) is 23.4 Å². The predicted octanol–water partition coefficient (Wildman–Crippen LogP) is 1.87. The number of benzene rings is 1. The molecule has 1 aromatic carbocycles. The van der Waals surface area contributed by atoms with E-state index in [1.54, 1.807) is 0 Å². The van der Waals surface area contributed by atoms with Crippen LogP contribution in [0.15, 0.2) is 34.4 Å². The third-order valence-corrected chi connectivity index (χ3v) is 4.46. The van der Waals surface area contributed by atoms with Gasteiger partial charge in [-0.1, -0.05) is 0 Å². The summed E-state index contributed by atoms with van der Waals surface area (Å²) in [6.07, 6.45) is 1.27. The number of halogens is 2. The number of aromatic nitrogens is 4. The Labute approximate surface area is 127 Å². The van der Waals surface area contributed by atoms with Gasteiger partial charge in [0.2, 0.25) is 0 Å². The molecule has 0 aliphatic heterocycles. The topological polar surface area (TPSA) is 92.7 Å². The quantitative estimate of drug-likeness (QED) is 0.743.